The number of nitrogens with zero attached hydrogens (tertiary/aromatic N) is 1. The van der Waals surface area contributed by atoms with Gasteiger partial charge in [-0.15, -0.1) is 0 Å². The van der Waals surface area contributed by atoms with Crippen molar-refractivity contribution in [2.45, 2.75) is 38.5 Å². The summed E-state index contributed by atoms with van der Waals surface area (Å²) in [5.41, 5.74) is 0. The third-order valence-electron chi connectivity index (χ3n) is 3.42. The number of rotatable bonds is 1. The molecule has 3 heteroatoms. The van der Waals surface area contributed by atoms with E-state index in [0.29, 0.717) is 11.8 Å². The van der Waals surface area contributed by atoms with E-state index >= 15 is 0 Å². The molecule has 0 aromatic rings. The van der Waals surface area contributed by atoms with Crippen molar-refractivity contribution in [2.24, 2.45) is 5.92 Å². The fourth-order valence-corrected chi connectivity index (χ4v) is 2.89. The van der Waals surface area contributed by atoms with Crippen LogP contribution >= 0.6 is 22.6 Å². The van der Waals surface area contributed by atoms with E-state index in [1.807, 2.05) is 4.90 Å². The van der Waals surface area contributed by atoms with E-state index in [0.717, 1.165) is 32.4 Å². The zero-order valence-corrected chi connectivity index (χ0v) is 11.2. The lowest BCUT2D eigenvalue weighted by Gasteiger charge is -2.30. The van der Waals surface area contributed by atoms with E-state index in [2.05, 4.69) is 28.7 Å². The minimum atomic E-state index is 0.336. The van der Waals surface area contributed by atoms with Crippen LogP contribution in [-0.4, -0.2) is 23.9 Å². The topological polar surface area (TPSA) is 20.3 Å². The molecule has 1 fully saturated rings. The van der Waals surface area contributed by atoms with Crippen molar-refractivity contribution in [3.63, 3.8) is 0 Å². The van der Waals surface area contributed by atoms with E-state index in [4.69, 9.17) is 0 Å². The fraction of sp³-hybridized carbons (Fsp3) is 0.750. The average molecular weight is 319 g/mol. The highest BCUT2D eigenvalue weighted by molar-refractivity contribution is 14.1. The molecule has 0 unspecified atom stereocenters. The molecule has 1 aliphatic heterocycles. The van der Waals surface area contributed by atoms with Gasteiger partial charge >= 0.3 is 0 Å². The van der Waals surface area contributed by atoms with Crippen molar-refractivity contribution in [3.05, 3.63) is 9.66 Å². The molecular formula is C12H18INO. The summed E-state index contributed by atoms with van der Waals surface area (Å²) in [5.74, 6) is 0.748. The molecule has 2 rings (SSSR count). The van der Waals surface area contributed by atoms with Crippen LogP contribution in [0.5, 0.6) is 0 Å². The molecule has 1 heterocycles. The van der Waals surface area contributed by atoms with Gasteiger partial charge in [-0.2, -0.15) is 0 Å². The van der Waals surface area contributed by atoms with Crippen LogP contribution in [0.25, 0.3) is 0 Å². The van der Waals surface area contributed by atoms with Gasteiger partial charge in [0.2, 0.25) is 5.91 Å². The molecule has 0 radical (unpaired) electrons. The lowest BCUT2D eigenvalue weighted by molar-refractivity contribution is -0.136. The lowest BCUT2D eigenvalue weighted by atomic mass is 9.88. The molecule has 0 aromatic carbocycles. The summed E-state index contributed by atoms with van der Waals surface area (Å²) in [4.78, 5) is 14.2. The van der Waals surface area contributed by atoms with E-state index < -0.39 is 0 Å². The minimum Gasteiger partial charge on any atom is -0.338 e. The smallest absolute Gasteiger partial charge is 0.225 e. The number of hydrogen-bond donors (Lipinski definition) is 0. The largest absolute Gasteiger partial charge is 0.338 e. The van der Waals surface area contributed by atoms with Crippen molar-refractivity contribution >= 4 is 28.5 Å². The first-order chi connectivity index (χ1) is 7.27. The zero-order valence-electron chi connectivity index (χ0n) is 9.04. The number of amides is 1. The first-order valence-corrected chi connectivity index (χ1v) is 6.98. The van der Waals surface area contributed by atoms with E-state index in [1.54, 1.807) is 0 Å². The molecule has 1 amide bonds. The first kappa shape index (κ1) is 11.4. The van der Waals surface area contributed by atoms with Crippen LogP contribution in [-0.2, 0) is 4.79 Å². The number of carbonyl (C=O) groups excluding carboxylic acids is 1. The molecule has 0 N–H and O–H groups in total. The van der Waals surface area contributed by atoms with Crippen molar-refractivity contribution < 1.29 is 4.79 Å². The quantitative estimate of drug-likeness (QED) is 0.680. The van der Waals surface area contributed by atoms with Crippen LogP contribution in [0.15, 0.2) is 9.66 Å². The zero-order chi connectivity index (χ0) is 10.7. The van der Waals surface area contributed by atoms with Crippen molar-refractivity contribution in [2.75, 3.05) is 13.1 Å². The molecule has 15 heavy (non-hydrogen) atoms. The normalized spacial score (nSPS) is 23.8. The monoisotopic (exact) mass is 319 g/mol. The maximum Gasteiger partial charge on any atom is 0.225 e. The predicted molar refractivity (Wildman–Crippen MR) is 69.9 cm³/mol. The van der Waals surface area contributed by atoms with Gasteiger partial charge in [-0.3, -0.25) is 4.79 Å². The third kappa shape index (κ3) is 2.95. The summed E-state index contributed by atoms with van der Waals surface area (Å²) in [7, 11) is 0. The second-order valence-electron chi connectivity index (χ2n) is 4.52. The molecule has 0 saturated heterocycles. The Hall–Kier alpha value is -0.0600. The fourth-order valence-electron chi connectivity index (χ4n) is 2.45. The van der Waals surface area contributed by atoms with Crippen LogP contribution in [0.1, 0.15) is 38.5 Å². The molecular weight excluding hydrogens is 301 g/mol. The Labute approximate surface area is 105 Å². The number of carbonyl (C=O) groups is 1. The summed E-state index contributed by atoms with van der Waals surface area (Å²) >= 11 is 2.37. The Bertz CT molecular complexity index is 269. The molecule has 2 aliphatic rings. The van der Waals surface area contributed by atoms with Gasteiger partial charge < -0.3 is 4.90 Å². The SMILES string of the molecule is O=C(C1CCCCC1)N1CC=C(I)CC1. The first-order valence-electron chi connectivity index (χ1n) is 5.90. The average Bonchev–Trinajstić information content (AvgIpc) is 2.30. The van der Waals surface area contributed by atoms with Gasteiger partial charge in [-0.1, -0.05) is 25.3 Å². The molecule has 2 nitrogen and oxygen atoms in total. The summed E-state index contributed by atoms with van der Waals surface area (Å²) in [5, 5.41) is 0. The van der Waals surface area contributed by atoms with Crippen molar-refractivity contribution in [1.29, 1.82) is 0 Å². The van der Waals surface area contributed by atoms with Crippen molar-refractivity contribution in [1.82, 2.24) is 4.90 Å². The Morgan fingerprint density at radius 2 is 2.07 bits per heavy atom. The highest BCUT2D eigenvalue weighted by Crippen LogP contribution is 2.27. The number of halogens is 1. The summed E-state index contributed by atoms with van der Waals surface area (Å²) in [6, 6.07) is 0. The van der Waals surface area contributed by atoms with E-state index in [1.165, 1.54) is 22.8 Å². The Morgan fingerprint density at radius 1 is 1.33 bits per heavy atom. The summed E-state index contributed by atoms with van der Waals surface area (Å²) < 4.78 is 1.40. The highest BCUT2D eigenvalue weighted by Gasteiger charge is 2.26. The van der Waals surface area contributed by atoms with Gasteiger partial charge in [0.25, 0.3) is 0 Å². The molecule has 1 aliphatic carbocycles. The van der Waals surface area contributed by atoms with Gasteiger partial charge in [-0.25, -0.2) is 0 Å². The Kier molecular flexibility index (Phi) is 4.05. The third-order valence-corrected chi connectivity index (χ3v) is 4.40. The van der Waals surface area contributed by atoms with Crippen LogP contribution in [0.2, 0.25) is 0 Å². The van der Waals surface area contributed by atoms with Crippen molar-refractivity contribution in [3.8, 4) is 0 Å². The van der Waals surface area contributed by atoms with Gasteiger partial charge in [-0.05, 0) is 45.4 Å². The lowest BCUT2D eigenvalue weighted by Crippen LogP contribution is -2.39. The Morgan fingerprint density at radius 3 is 2.67 bits per heavy atom. The predicted octanol–water partition coefficient (Wildman–Crippen LogP) is 3.12. The Balaban J connectivity index is 1.90. The molecule has 0 spiro atoms. The standard InChI is InChI=1S/C12H18INO/c13-11-6-8-14(9-7-11)12(15)10-4-2-1-3-5-10/h6,10H,1-5,7-9H2. The maximum absolute atomic E-state index is 12.2. The van der Waals surface area contributed by atoms with Crippen LogP contribution in [0.4, 0.5) is 0 Å². The minimum absolute atomic E-state index is 0.336. The molecule has 0 aromatic heterocycles. The molecule has 0 atom stereocenters. The van der Waals surface area contributed by atoms with Gasteiger partial charge in [0.05, 0.1) is 0 Å². The van der Waals surface area contributed by atoms with Crippen LogP contribution < -0.4 is 0 Å². The van der Waals surface area contributed by atoms with Gasteiger partial charge in [0.1, 0.15) is 0 Å². The molecule has 84 valence electrons. The summed E-state index contributed by atoms with van der Waals surface area (Å²) in [6.45, 7) is 1.78. The summed E-state index contributed by atoms with van der Waals surface area (Å²) in [6.07, 6.45) is 9.30. The van der Waals surface area contributed by atoms with E-state index in [9.17, 15) is 4.79 Å². The second-order valence-corrected chi connectivity index (χ2v) is 5.91. The highest BCUT2D eigenvalue weighted by atomic mass is 127. The van der Waals surface area contributed by atoms with E-state index in [-0.39, 0.29) is 0 Å². The number of hydrogen-bond acceptors (Lipinski definition) is 1. The van der Waals surface area contributed by atoms with Gasteiger partial charge in [0.15, 0.2) is 0 Å². The molecule has 1 saturated carbocycles. The maximum atomic E-state index is 12.2. The van der Waals surface area contributed by atoms with Crippen LogP contribution in [0, 0.1) is 5.92 Å². The second kappa shape index (κ2) is 5.32. The van der Waals surface area contributed by atoms with Crippen LogP contribution in [0.3, 0.4) is 0 Å². The molecule has 0 bridgehead atoms. The van der Waals surface area contributed by atoms with Gasteiger partial charge in [0, 0.05) is 19.0 Å².